The van der Waals surface area contributed by atoms with Crippen molar-refractivity contribution < 1.29 is 0 Å². The van der Waals surface area contributed by atoms with Crippen LogP contribution in [0.2, 0.25) is 0 Å². The highest BCUT2D eigenvalue weighted by molar-refractivity contribution is 7.26. The van der Waals surface area contributed by atoms with Crippen LogP contribution in [-0.4, -0.2) is 0 Å². The lowest BCUT2D eigenvalue weighted by Crippen LogP contribution is -1.87. The number of rotatable bonds is 3. The Bertz CT molecular complexity index is 2500. The molecule has 0 nitrogen and oxygen atoms in total. The number of hydrogen-bond donors (Lipinski definition) is 0. The minimum absolute atomic E-state index is 1.24. The maximum atomic E-state index is 2.39. The van der Waals surface area contributed by atoms with E-state index in [2.05, 4.69) is 158 Å². The van der Waals surface area contributed by atoms with Gasteiger partial charge in [0.05, 0.1) is 0 Å². The van der Waals surface area contributed by atoms with Crippen molar-refractivity contribution in [1.29, 1.82) is 0 Å². The van der Waals surface area contributed by atoms with Gasteiger partial charge in [-0.25, -0.2) is 0 Å². The van der Waals surface area contributed by atoms with E-state index in [0.717, 1.165) is 0 Å². The quantitative estimate of drug-likeness (QED) is 0.188. The van der Waals surface area contributed by atoms with Gasteiger partial charge in [0.2, 0.25) is 0 Å². The Hall–Kier alpha value is -5.24. The van der Waals surface area contributed by atoms with Crippen molar-refractivity contribution in [3.05, 3.63) is 158 Å². The van der Waals surface area contributed by atoms with Gasteiger partial charge in [-0.05, 0) is 90.0 Å². The summed E-state index contributed by atoms with van der Waals surface area (Å²) < 4.78 is 2.69. The molecule has 43 heavy (non-hydrogen) atoms. The van der Waals surface area contributed by atoms with Crippen LogP contribution < -0.4 is 0 Å². The van der Waals surface area contributed by atoms with Crippen LogP contribution in [0.1, 0.15) is 0 Å². The van der Waals surface area contributed by atoms with Crippen LogP contribution in [0.15, 0.2) is 158 Å². The fourth-order valence-corrected chi connectivity index (χ4v) is 8.03. The Balaban J connectivity index is 1.24. The summed E-state index contributed by atoms with van der Waals surface area (Å²) in [4.78, 5) is 0. The van der Waals surface area contributed by atoms with Gasteiger partial charge in [0, 0.05) is 20.2 Å². The lowest BCUT2D eigenvalue weighted by atomic mass is 9.90. The minimum atomic E-state index is 1.24. The van der Waals surface area contributed by atoms with Crippen molar-refractivity contribution in [2.75, 3.05) is 0 Å². The van der Waals surface area contributed by atoms with Crippen molar-refractivity contribution in [3.8, 4) is 33.4 Å². The van der Waals surface area contributed by atoms with E-state index in [1.807, 2.05) is 11.3 Å². The molecule has 0 aliphatic heterocycles. The molecule has 1 heterocycles. The van der Waals surface area contributed by atoms with E-state index >= 15 is 0 Å². The summed E-state index contributed by atoms with van der Waals surface area (Å²) in [5.74, 6) is 0. The molecule has 0 aliphatic rings. The molecule has 0 radical (unpaired) electrons. The monoisotopic (exact) mass is 562 g/mol. The largest absolute Gasteiger partial charge is 0.135 e. The molecule has 0 bridgehead atoms. The third kappa shape index (κ3) is 3.90. The smallest absolute Gasteiger partial charge is 0.0433 e. The molecule has 0 saturated heterocycles. The van der Waals surface area contributed by atoms with E-state index in [-0.39, 0.29) is 0 Å². The fourth-order valence-electron chi connectivity index (χ4n) is 6.79. The Morgan fingerprint density at radius 3 is 1.58 bits per heavy atom. The van der Waals surface area contributed by atoms with Gasteiger partial charge < -0.3 is 0 Å². The molecule has 0 N–H and O–H groups in total. The van der Waals surface area contributed by atoms with Crippen LogP contribution in [0.25, 0.3) is 85.9 Å². The maximum Gasteiger partial charge on any atom is 0.0433 e. The summed E-state index contributed by atoms with van der Waals surface area (Å²) in [5.41, 5.74) is 7.52. The van der Waals surface area contributed by atoms with Gasteiger partial charge in [0.1, 0.15) is 0 Å². The average Bonchev–Trinajstić information content (AvgIpc) is 3.47. The van der Waals surface area contributed by atoms with Gasteiger partial charge in [-0.3, -0.25) is 0 Å². The predicted molar refractivity (Wildman–Crippen MR) is 188 cm³/mol. The zero-order valence-corrected chi connectivity index (χ0v) is 24.2. The summed E-state index contributed by atoms with van der Waals surface area (Å²) in [5, 5.41) is 10.5. The predicted octanol–water partition coefficient (Wildman–Crippen LogP) is 12.5. The minimum Gasteiger partial charge on any atom is -0.135 e. The third-order valence-corrected chi connectivity index (χ3v) is 10.1. The molecule has 0 saturated carbocycles. The van der Waals surface area contributed by atoms with E-state index < -0.39 is 0 Å². The molecule has 1 heteroatoms. The standard InChI is InChI=1S/C42H26S/c1-2-10-27(11-3-1)29-20-23-36-39(25-29)34-15-5-4-14-33(34)35-22-21-30(26-40(35)36)28-12-8-13-31(24-28)32-17-9-18-38-37-16-6-7-19-41(37)43-42(32)38/h1-26H. The second kappa shape index (κ2) is 9.66. The zero-order chi connectivity index (χ0) is 28.3. The van der Waals surface area contributed by atoms with E-state index in [0.29, 0.717) is 0 Å². The molecule has 200 valence electrons. The summed E-state index contributed by atoms with van der Waals surface area (Å²) in [6, 6.07) is 58.0. The van der Waals surface area contributed by atoms with E-state index in [4.69, 9.17) is 0 Å². The van der Waals surface area contributed by atoms with Crippen LogP contribution in [0.5, 0.6) is 0 Å². The molecule has 0 aliphatic carbocycles. The van der Waals surface area contributed by atoms with Gasteiger partial charge >= 0.3 is 0 Å². The summed E-state index contributed by atoms with van der Waals surface area (Å²) >= 11 is 1.89. The first-order valence-electron chi connectivity index (χ1n) is 14.8. The lowest BCUT2D eigenvalue weighted by Gasteiger charge is -2.14. The molecule has 0 spiro atoms. The van der Waals surface area contributed by atoms with Crippen molar-refractivity contribution in [3.63, 3.8) is 0 Å². The van der Waals surface area contributed by atoms with Crippen molar-refractivity contribution >= 4 is 63.8 Å². The first-order chi connectivity index (χ1) is 21.3. The first kappa shape index (κ1) is 24.4. The fraction of sp³-hybridized carbons (Fsp3) is 0. The van der Waals surface area contributed by atoms with Gasteiger partial charge in [-0.1, -0.05) is 133 Å². The molecule has 8 aromatic carbocycles. The topological polar surface area (TPSA) is 0 Å². The third-order valence-electron chi connectivity index (χ3n) is 8.86. The highest BCUT2D eigenvalue weighted by Gasteiger charge is 2.13. The van der Waals surface area contributed by atoms with Crippen molar-refractivity contribution in [2.24, 2.45) is 0 Å². The first-order valence-corrected chi connectivity index (χ1v) is 15.6. The molecule has 9 rings (SSSR count). The second-order valence-corrected chi connectivity index (χ2v) is 12.3. The molecule has 1 aromatic heterocycles. The zero-order valence-electron chi connectivity index (χ0n) is 23.4. The van der Waals surface area contributed by atoms with Crippen molar-refractivity contribution in [2.45, 2.75) is 0 Å². The van der Waals surface area contributed by atoms with Crippen LogP contribution in [-0.2, 0) is 0 Å². The Kier molecular flexibility index (Phi) is 5.47. The SMILES string of the molecule is c1ccc(-c2ccc3c(c2)c2ccccc2c2ccc(-c4cccc(-c5cccc6c5sc5ccccc56)c4)cc23)cc1. The van der Waals surface area contributed by atoms with Crippen LogP contribution in [0, 0.1) is 0 Å². The lowest BCUT2D eigenvalue weighted by molar-refractivity contribution is 1.63. The van der Waals surface area contributed by atoms with E-state index in [1.54, 1.807) is 0 Å². The molecular weight excluding hydrogens is 537 g/mol. The summed E-state index contributed by atoms with van der Waals surface area (Å²) in [6.07, 6.45) is 0. The van der Waals surface area contributed by atoms with Gasteiger partial charge in [0.25, 0.3) is 0 Å². The van der Waals surface area contributed by atoms with Crippen LogP contribution >= 0.6 is 11.3 Å². The summed E-state index contributed by atoms with van der Waals surface area (Å²) in [7, 11) is 0. The summed E-state index contributed by atoms with van der Waals surface area (Å²) in [6.45, 7) is 0. The highest BCUT2D eigenvalue weighted by Crippen LogP contribution is 2.42. The number of hydrogen-bond acceptors (Lipinski definition) is 1. The molecule has 0 fully saturated rings. The Morgan fingerprint density at radius 1 is 0.279 bits per heavy atom. The van der Waals surface area contributed by atoms with E-state index in [9.17, 15) is 0 Å². The van der Waals surface area contributed by atoms with Gasteiger partial charge in [0.15, 0.2) is 0 Å². The molecule has 0 unspecified atom stereocenters. The van der Waals surface area contributed by atoms with E-state index in [1.165, 1.54) is 85.9 Å². The highest BCUT2D eigenvalue weighted by atomic mass is 32.1. The van der Waals surface area contributed by atoms with Gasteiger partial charge in [-0.2, -0.15) is 0 Å². The number of fused-ring (bicyclic) bond motifs is 9. The van der Waals surface area contributed by atoms with Crippen molar-refractivity contribution in [1.82, 2.24) is 0 Å². The van der Waals surface area contributed by atoms with Crippen LogP contribution in [0.3, 0.4) is 0 Å². The van der Waals surface area contributed by atoms with Crippen LogP contribution in [0.4, 0.5) is 0 Å². The molecule has 9 aromatic rings. The second-order valence-electron chi connectivity index (χ2n) is 11.3. The van der Waals surface area contributed by atoms with Gasteiger partial charge in [-0.15, -0.1) is 11.3 Å². The normalized spacial score (nSPS) is 11.7. The Labute approximate surface area is 254 Å². The molecular formula is C42H26S. The maximum absolute atomic E-state index is 2.39. The Morgan fingerprint density at radius 2 is 0.791 bits per heavy atom. The molecule has 0 amide bonds. The number of benzene rings is 8. The average molecular weight is 563 g/mol. The molecule has 0 atom stereocenters. The number of thiophene rings is 1.